The summed E-state index contributed by atoms with van der Waals surface area (Å²) in [5.41, 5.74) is 1.77. The molecular weight excluding hydrogens is 240 g/mol. The third kappa shape index (κ3) is 3.78. The van der Waals surface area contributed by atoms with E-state index < -0.39 is 0 Å². The van der Waals surface area contributed by atoms with E-state index in [1.165, 1.54) is 20.0 Å². The second-order valence-electron chi connectivity index (χ2n) is 5.11. The number of benzene rings is 1. The van der Waals surface area contributed by atoms with Crippen molar-refractivity contribution in [2.75, 3.05) is 27.2 Å². The molecule has 19 heavy (non-hydrogen) atoms. The molecule has 2 rings (SSSR count). The lowest BCUT2D eigenvalue weighted by Crippen LogP contribution is -2.43. The van der Waals surface area contributed by atoms with Gasteiger partial charge in [0.25, 0.3) is 0 Å². The lowest BCUT2D eigenvalue weighted by atomic mass is 10.0. The molecule has 0 radical (unpaired) electrons. The van der Waals surface area contributed by atoms with Crippen molar-refractivity contribution in [2.24, 2.45) is 0 Å². The first-order chi connectivity index (χ1) is 9.20. The molecule has 104 valence electrons. The van der Waals surface area contributed by atoms with Crippen LogP contribution >= 0.6 is 0 Å². The molecule has 0 aromatic heterocycles. The van der Waals surface area contributed by atoms with Crippen molar-refractivity contribution in [3.63, 3.8) is 0 Å². The number of hydrogen-bond donors (Lipinski definition) is 1. The molecule has 1 atom stereocenters. The highest BCUT2D eigenvalue weighted by molar-refractivity contribution is 5.89. The van der Waals surface area contributed by atoms with E-state index in [9.17, 15) is 4.79 Å². The van der Waals surface area contributed by atoms with Gasteiger partial charge >= 0.3 is 5.97 Å². The zero-order valence-corrected chi connectivity index (χ0v) is 11.7. The highest BCUT2D eigenvalue weighted by Gasteiger charge is 2.17. The summed E-state index contributed by atoms with van der Waals surface area (Å²) in [5, 5.41) is 3.42. The first-order valence-corrected chi connectivity index (χ1v) is 6.79. The molecule has 0 spiro atoms. The highest BCUT2D eigenvalue weighted by atomic mass is 16.5. The maximum Gasteiger partial charge on any atom is 0.337 e. The van der Waals surface area contributed by atoms with E-state index in [4.69, 9.17) is 4.74 Å². The Hall–Kier alpha value is -1.39. The normalized spacial score (nSPS) is 19.4. The third-order valence-electron chi connectivity index (χ3n) is 3.67. The molecule has 1 aromatic rings. The molecule has 4 nitrogen and oxygen atoms in total. The number of methoxy groups -OCH3 is 1. The molecule has 1 saturated heterocycles. The van der Waals surface area contributed by atoms with Gasteiger partial charge in [0.05, 0.1) is 12.7 Å². The van der Waals surface area contributed by atoms with Gasteiger partial charge in [-0.15, -0.1) is 0 Å². The summed E-state index contributed by atoms with van der Waals surface area (Å²) in [6.07, 6.45) is 2.47. The van der Waals surface area contributed by atoms with Crippen molar-refractivity contribution in [3.05, 3.63) is 35.4 Å². The van der Waals surface area contributed by atoms with E-state index in [1.54, 1.807) is 6.07 Å². The van der Waals surface area contributed by atoms with Gasteiger partial charge in [-0.25, -0.2) is 4.79 Å². The Labute approximate surface area is 114 Å². The molecule has 0 aliphatic carbocycles. The van der Waals surface area contributed by atoms with Crippen LogP contribution in [0.3, 0.4) is 0 Å². The molecule has 1 N–H and O–H groups in total. The number of likely N-dealkylation sites (N-methyl/N-ethyl adjacent to an activating group) is 1. The van der Waals surface area contributed by atoms with Gasteiger partial charge in [-0.05, 0) is 44.1 Å². The van der Waals surface area contributed by atoms with Crippen molar-refractivity contribution < 1.29 is 9.53 Å². The molecule has 0 amide bonds. The lowest BCUT2D eigenvalue weighted by Gasteiger charge is -2.31. The summed E-state index contributed by atoms with van der Waals surface area (Å²) in [6.45, 7) is 3.03. The molecule has 1 aliphatic heterocycles. The summed E-state index contributed by atoms with van der Waals surface area (Å²) in [6, 6.07) is 8.25. The lowest BCUT2D eigenvalue weighted by molar-refractivity contribution is 0.0600. The van der Waals surface area contributed by atoms with Gasteiger partial charge < -0.3 is 10.1 Å². The fourth-order valence-corrected chi connectivity index (χ4v) is 2.54. The molecule has 4 heteroatoms. The minimum atomic E-state index is -0.274. The Morgan fingerprint density at radius 1 is 1.53 bits per heavy atom. The maximum absolute atomic E-state index is 11.5. The van der Waals surface area contributed by atoms with Crippen LogP contribution < -0.4 is 5.32 Å². The van der Waals surface area contributed by atoms with E-state index in [0.29, 0.717) is 11.6 Å². The summed E-state index contributed by atoms with van der Waals surface area (Å²) in [4.78, 5) is 13.9. The van der Waals surface area contributed by atoms with Crippen LogP contribution in [-0.4, -0.2) is 44.2 Å². The summed E-state index contributed by atoms with van der Waals surface area (Å²) in [7, 11) is 3.55. The van der Waals surface area contributed by atoms with Crippen molar-refractivity contribution >= 4 is 5.97 Å². The number of esters is 1. The number of rotatable bonds is 4. The zero-order chi connectivity index (χ0) is 13.7. The Morgan fingerprint density at radius 3 is 3.05 bits per heavy atom. The van der Waals surface area contributed by atoms with Gasteiger partial charge in [-0.2, -0.15) is 0 Å². The summed E-state index contributed by atoms with van der Waals surface area (Å²) >= 11 is 0. The molecule has 1 unspecified atom stereocenters. The van der Waals surface area contributed by atoms with Crippen molar-refractivity contribution in [3.8, 4) is 0 Å². The number of ether oxygens (including phenoxy) is 1. The average Bonchev–Trinajstić information content (AvgIpc) is 2.47. The number of carbonyl (C=O) groups excluding carboxylic acids is 1. The van der Waals surface area contributed by atoms with E-state index in [0.717, 1.165) is 25.2 Å². The number of carbonyl (C=O) groups is 1. The van der Waals surface area contributed by atoms with Crippen LogP contribution in [0, 0.1) is 0 Å². The standard InChI is InChI=1S/C15H22N2O2/c1-17(14-7-4-8-16-10-14)11-12-5-3-6-13(9-12)15(18)19-2/h3,5-6,9,14,16H,4,7-8,10-11H2,1-2H3. The molecule has 0 saturated carbocycles. The van der Waals surface area contributed by atoms with Crippen molar-refractivity contribution in [1.29, 1.82) is 0 Å². The fourth-order valence-electron chi connectivity index (χ4n) is 2.54. The minimum Gasteiger partial charge on any atom is -0.465 e. The van der Waals surface area contributed by atoms with Crippen LogP contribution in [0.5, 0.6) is 0 Å². The second-order valence-corrected chi connectivity index (χ2v) is 5.11. The zero-order valence-electron chi connectivity index (χ0n) is 11.7. The van der Waals surface area contributed by atoms with Gasteiger partial charge in [0, 0.05) is 19.1 Å². The molecule has 0 bridgehead atoms. The molecule has 1 heterocycles. The fraction of sp³-hybridized carbons (Fsp3) is 0.533. The van der Waals surface area contributed by atoms with Crippen LogP contribution in [0.4, 0.5) is 0 Å². The Kier molecular flexibility index (Phi) is 4.93. The smallest absolute Gasteiger partial charge is 0.337 e. The quantitative estimate of drug-likeness (QED) is 0.838. The highest BCUT2D eigenvalue weighted by Crippen LogP contribution is 2.14. The van der Waals surface area contributed by atoms with Crippen molar-refractivity contribution in [2.45, 2.75) is 25.4 Å². The minimum absolute atomic E-state index is 0.274. The van der Waals surface area contributed by atoms with Gasteiger partial charge in [0.1, 0.15) is 0 Å². The maximum atomic E-state index is 11.5. The van der Waals surface area contributed by atoms with Gasteiger partial charge in [0.2, 0.25) is 0 Å². The first kappa shape index (κ1) is 14.0. The van der Waals surface area contributed by atoms with Crippen LogP contribution in [-0.2, 0) is 11.3 Å². The summed E-state index contributed by atoms with van der Waals surface area (Å²) < 4.78 is 4.75. The Bertz CT molecular complexity index is 428. The van der Waals surface area contributed by atoms with Crippen molar-refractivity contribution in [1.82, 2.24) is 10.2 Å². The van der Waals surface area contributed by atoms with E-state index >= 15 is 0 Å². The number of hydrogen-bond acceptors (Lipinski definition) is 4. The molecule has 1 fully saturated rings. The Balaban J connectivity index is 1.99. The van der Waals surface area contributed by atoms with Gasteiger partial charge in [0.15, 0.2) is 0 Å². The number of piperidine rings is 1. The average molecular weight is 262 g/mol. The predicted octanol–water partition coefficient (Wildman–Crippen LogP) is 1.66. The molecule has 1 aliphatic rings. The SMILES string of the molecule is COC(=O)c1cccc(CN(C)C2CCCNC2)c1. The van der Waals surface area contributed by atoms with Crippen LogP contribution in [0.1, 0.15) is 28.8 Å². The first-order valence-electron chi connectivity index (χ1n) is 6.79. The second kappa shape index (κ2) is 6.68. The molecule has 1 aromatic carbocycles. The van der Waals surface area contributed by atoms with E-state index in [2.05, 4.69) is 23.3 Å². The predicted molar refractivity (Wildman–Crippen MR) is 75.1 cm³/mol. The van der Waals surface area contributed by atoms with Gasteiger partial charge in [-0.3, -0.25) is 4.90 Å². The summed E-state index contributed by atoms with van der Waals surface area (Å²) in [5.74, 6) is -0.274. The topological polar surface area (TPSA) is 41.6 Å². The largest absolute Gasteiger partial charge is 0.465 e. The monoisotopic (exact) mass is 262 g/mol. The number of nitrogens with zero attached hydrogens (tertiary/aromatic N) is 1. The van der Waals surface area contributed by atoms with Crippen LogP contribution in [0.15, 0.2) is 24.3 Å². The van der Waals surface area contributed by atoms with Gasteiger partial charge in [-0.1, -0.05) is 12.1 Å². The van der Waals surface area contributed by atoms with Crippen LogP contribution in [0.2, 0.25) is 0 Å². The van der Waals surface area contributed by atoms with E-state index in [1.807, 2.05) is 12.1 Å². The molecular formula is C15H22N2O2. The van der Waals surface area contributed by atoms with Crippen LogP contribution in [0.25, 0.3) is 0 Å². The Morgan fingerprint density at radius 2 is 2.37 bits per heavy atom. The number of nitrogens with one attached hydrogen (secondary N) is 1. The third-order valence-corrected chi connectivity index (χ3v) is 3.67. The van der Waals surface area contributed by atoms with E-state index in [-0.39, 0.29) is 5.97 Å².